The van der Waals surface area contributed by atoms with Crippen LogP contribution in [0.15, 0.2) is 65.0 Å². The number of dihydropyridines is 1. The van der Waals surface area contributed by atoms with Gasteiger partial charge in [0.15, 0.2) is 5.78 Å². The number of benzene rings is 2. The van der Waals surface area contributed by atoms with Crippen LogP contribution in [0.1, 0.15) is 51.0 Å². The van der Waals surface area contributed by atoms with Gasteiger partial charge in [-0.2, -0.15) is 0 Å². The lowest BCUT2D eigenvalue weighted by Crippen LogP contribution is -2.34. The van der Waals surface area contributed by atoms with Gasteiger partial charge in [0.2, 0.25) is 0 Å². The summed E-state index contributed by atoms with van der Waals surface area (Å²) in [5.41, 5.74) is 3.89. The molecule has 0 radical (unpaired) electrons. The van der Waals surface area contributed by atoms with Crippen molar-refractivity contribution < 1.29 is 19.1 Å². The topological polar surface area (TPSA) is 64.6 Å². The molecule has 1 aliphatic carbocycles. The van der Waals surface area contributed by atoms with E-state index in [-0.39, 0.29) is 12.4 Å². The number of rotatable bonds is 7. The lowest BCUT2D eigenvalue weighted by molar-refractivity contribution is -0.141. The first-order chi connectivity index (χ1) is 15.1. The molecule has 162 valence electrons. The first-order valence-electron chi connectivity index (χ1n) is 11.1. The van der Waals surface area contributed by atoms with E-state index < -0.39 is 11.9 Å². The van der Waals surface area contributed by atoms with Crippen LogP contribution < -0.4 is 5.32 Å². The minimum atomic E-state index is -0.431. The fraction of sp³-hybridized carbons (Fsp3) is 0.385. The van der Waals surface area contributed by atoms with Crippen molar-refractivity contribution in [3.63, 3.8) is 0 Å². The Morgan fingerprint density at radius 3 is 2.71 bits per heavy atom. The van der Waals surface area contributed by atoms with Gasteiger partial charge in [-0.3, -0.25) is 4.79 Å². The molecule has 5 nitrogen and oxygen atoms in total. The van der Waals surface area contributed by atoms with E-state index in [2.05, 4.69) is 23.5 Å². The minimum absolute atomic E-state index is 0.107. The minimum Gasteiger partial charge on any atom is -0.460 e. The number of Topliss-reactive ketones (excluding diaryl/α,β-unsaturated/α-hetero) is 1. The predicted molar refractivity (Wildman–Crippen MR) is 120 cm³/mol. The van der Waals surface area contributed by atoms with E-state index in [1.165, 1.54) is 0 Å². The third-order valence-corrected chi connectivity index (χ3v) is 5.94. The number of carbonyl (C=O) groups excluding carboxylic acids is 2. The molecule has 2 aromatic rings. The summed E-state index contributed by atoms with van der Waals surface area (Å²) in [6, 6.07) is 14.2. The number of ether oxygens (including phenoxy) is 2. The van der Waals surface area contributed by atoms with E-state index in [1.54, 1.807) is 0 Å². The number of esters is 1. The molecule has 1 atom stereocenters. The third-order valence-electron chi connectivity index (χ3n) is 5.94. The highest BCUT2D eigenvalue weighted by Crippen LogP contribution is 2.44. The summed E-state index contributed by atoms with van der Waals surface area (Å²) in [7, 11) is 0. The molecular weight excluding hydrogens is 390 g/mol. The van der Waals surface area contributed by atoms with Gasteiger partial charge in [0, 0.05) is 35.9 Å². The summed E-state index contributed by atoms with van der Waals surface area (Å²) in [6.07, 6.45) is 3.07. The van der Waals surface area contributed by atoms with Crippen LogP contribution in [-0.2, 0) is 19.1 Å². The Labute approximate surface area is 183 Å². The van der Waals surface area contributed by atoms with Crippen molar-refractivity contribution in [3.8, 4) is 0 Å². The maximum Gasteiger partial charge on any atom is 0.336 e. The molecule has 5 heteroatoms. The van der Waals surface area contributed by atoms with Gasteiger partial charge in [-0.1, -0.05) is 49.4 Å². The van der Waals surface area contributed by atoms with Crippen LogP contribution in [0.2, 0.25) is 0 Å². The second kappa shape index (κ2) is 9.48. The van der Waals surface area contributed by atoms with Crippen LogP contribution in [0, 0.1) is 0 Å². The Morgan fingerprint density at radius 2 is 1.87 bits per heavy atom. The maximum absolute atomic E-state index is 13.2. The van der Waals surface area contributed by atoms with E-state index in [4.69, 9.17) is 9.47 Å². The largest absolute Gasteiger partial charge is 0.460 e. The molecule has 0 saturated heterocycles. The monoisotopic (exact) mass is 419 g/mol. The highest BCUT2D eigenvalue weighted by Gasteiger charge is 2.39. The molecule has 2 aromatic carbocycles. The molecule has 4 rings (SSSR count). The highest BCUT2D eigenvalue weighted by molar-refractivity contribution is 6.05. The van der Waals surface area contributed by atoms with Crippen LogP contribution in [-0.4, -0.2) is 31.6 Å². The zero-order valence-corrected chi connectivity index (χ0v) is 18.2. The molecule has 31 heavy (non-hydrogen) atoms. The maximum atomic E-state index is 13.2. The van der Waals surface area contributed by atoms with Crippen LogP contribution in [0.4, 0.5) is 0 Å². The Balaban J connectivity index is 1.76. The summed E-state index contributed by atoms with van der Waals surface area (Å²) in [4.78, 5) is 26.3. The molecular formula is C26H29NO4. The summed E-state index contributed by atoms with van der Waals surface area (Å²) in [5.74, 6) is -0.720. The average molecular weight is 420 g/mol. The molecule has 0 spiro atoms. The van der Waals surface area contributed by atoms with Crippen molar-refractivity contribution >= 4 is 22.5 Å². The average Bonchev–Trinajstić information content (AvgIpc) is 2.77. The summed E-state index contributed by atoms with van der Waals surface area (Å²) in [6.45, 7) is 5.13. The molecule has 0 saturated carbocycles. The zero-order valence-electron chi connectivity index (χ0n) is 18.2. The number of hydrogen-bond acceptors (Lipinski definition) is 5. The van der Waals surface area contributed by atoms with E-state index in [0.29, 0.717) is 30.8 Å². The number of nitrogens with one attached hydrogen (secondary N) is 1. The second-order valence-electron chi connectivity index (χ2n) is 8.08. The number of fused-ring (bicyclic) bond motifs is 1. The molecule has 0 unspecified atom stereocenters. The number of carbonyl (C=O) groups is 2. The fourth-order valence-corrected chi connectivity index (χ4v) is 4.58. The van der Waals surface area contributed by atoms with Gasteiger partial charge in [0.1, 0.15) is 6.61 Å². The third kappa shape index (κ3) is 4.28. The van der Waals surface area contributed by atoms with Gasteiger partial charge in [-0.25, -0.2) is 4.79 Å². The van der Waals surface area contributed by atoms with Crippen molar-refractivity contribution in [1.82, 2.24) is 5.32 Å². The SMILES string of the molecule is CCCOCCOC(=O)C1=C(C)NC2=C(C(=O)CCC2)[C@H]1c1cccc2ccccc12. The van der Waals surface area contributed by atoms with E-state index in [0.717, 1.165) is 47.0 Å². The Morgan fingerprint density at radius 1 is 1.06 bits per heavy atom. The van der Waals surface area contributed by atoms with E-state index in [9.17, 15) is 9.59 Å². The Kier molecular flexibility index (Phi) is 6.52. The summed E-state index contributed by atoms with van der Waals surface area (Å²) >= 11 is 0. The molecule has 1 N–H and O–H groups in total. The van der Waals surface area contributed by atoms with Crippen LogP contribution in [0.25, 0.3) is 10.8 Å². The van der Waals surface area contributed by atoms with Crippen molar-refractivity contribution in [1.29, 1.82) is 0 Å². The van der Waals surface area contributed by atoms with E-state index in [1.807, 2.05) is 38.1 Å². The first kappa shape index (κ1) is 21.3. The first-order valence-corrected chi connectivity index (χ1v) is 11.1. The highest BCUT2D eigenvalue weighted by atomic mass is 16.6. The standard InChI is InChI=1S/C26H29NO4/c1-3-14-30-15-16-31-26(29)23-17(2)27-21-12-7-13-22(28)25(21)24(23)20-11-6-9-18-8-4-5-10-19(18)20/h4-6,8-11,24,27H,3,7,12-16H2,1-2H3/t24-/m0/s1. The normalized spacial score (nSPS) is 18.8. The van der Waals surface area contributed by atoms with Gasteiger partial charge in [0.25, 0.3) is 0 Å². The van der Waals surface area contributed by atoms with Crippen molar-refractivity contribution in [2.24, 2.45) is 0 Å². The Hall–Kier alpha value is -2.92. The summed E-state index contributed by atoms with van der Waals surface area (Å²) < 4.78 is 11.0. The quantitative estimate of drug-likeness (QED) is 0.517. The van der Waals surface area contributed by atoms with Crippen LogP contribution in [0.3, 0.4) is 0 Å². The van der Waals surface area contributed by atoms with Crippen LogP contribution in [0.5, 0.6) is 0 Å². The Bertz CT molecular complexity index is 1060. The molecule has 0 fully saturated rings. The molecule has 1 heterocycles. The number of ketones is 1. The zero-order chi connectivity index (χ0) is 21.8. The van der Waals surface area contributed by atoms with Gasteiger partial charge in [0.05, 0.1) is 12.2 Å². The van der Waals surface area contributed by atoms with Gasteiger partial charge < -0.3 is 14.8 Å². The molecule has 0 bridgehead atoms. The van der Waals surface area contributed by atoms with Gasteiger partial charge in [-0.15, -0.1) is 0 Å². The summed E-state index contributed by atoms with van der Waals surface area (Å²) in [5, 5.41) is 5.48. The van der Waals surface area contributed by atoms with Crippen LogP contribution >= 0.6 is 0 Å². The van der Waals surface area contributed by atoms with Gasteiger partial charge >= 0.3 is 5.97 Å². The lowest BCUT2D eigenvalue weighted by Gasteiger charge is -2.34. The van der Waals surface area contributed by atoms with Gasteiger partial charge in [-0.05, 0) is 42.5 Å². The molecule has 0 aromatic heterocycles. The van der Waals surface area contributed by atoms with E-state index >= 15 is 0 Å². The predicted octanol–water partition coefficient (Wildman–Crippen LogP) is 4.78. The molecule has 1 aliphatic heterocycles. The fourth-order valence-electron chi connectivity index (χ4n) is 4.58. The van der Waals surface area contributed by atoms with Crippen molar-refractivity contribution in [2.45, 2.75) is 45.4 Å². The number of allylic oxidation sites excluding steroid dienone is 3. The smallest absolute Gasteiger partial charge is 0.336 e. The lowest BCUT2D eigenvalue weighted by atomic mass is 9.74. The second-order valence-corrected chi connectivity index (χ2v) is 8.08. The van der Waals surface area contributed by atoms with Crippen molar-refractivity contribution in [2.75, 3.05) is 19.8 Å². The molecule has 0 amide bonds. The number of hydrogen-bond donors (Lipinski definition) is 1. The van der Waals surface area contributed by atoms with Crippen molar-refractivity contribution in [3.05, 3.63) is 70.6 Å². The molecule has 2 aliphatic rings.